The van der Waals surface area contributed by atoms with Crippen LogP contribution in [-0.4, -0.2) is 0 Å². The minimum atomic E-state index is 0.901. The molecule has 0 N–H and O–H groups in total. The lowest BCUT2D eigenvalue weighted by atomic mass is 9.94. The van der Waals surface area contributed by atoms with Gasteiger partial charge in [0.15, 0.2) is 0 Å². The minimum absolute atomic E-state index is 0.901. The summed E-state index contributed by atoms with van der Waals surface area (Å²) in [4.78, 5) is 2.38. The Morgan fingerprint density at radius 2 is 0.940 bits per heavy atom. The molecule has 9 aromatic carbocycles. The fourth-order valence-corrected chi connectivity index (χ4v) is 7.66. The van der Waals surface area contributed by atoms with E-state index in [9.17, 15) is 0 Å². The van der Waals surface area contributed by atoms with Crippen molar-refractivity contribution in [3.8, 4) is 22.3 Å². The first-order chi connectivity index (χ1) is 24.8. The molecule has 0 saturated carbocycles. The number of para-hydroxylation sites is 1. The molecule has 2 heteroatoms. The lowest BCUT2D eigenvalue weighted by Crippen LogP contribution is -2.10. The molecule has 234 valence electrons. The highest BCUT2D eigenvalue weighted by molar-refractivity contribution is 6.20. The van der Waals surface area contributed by atoms with Crippen LogP contribution in [0.15, 0.2) is 192 Å². The highest BCUT2D eigenvalue weighted by Crippen LogP contribution is 2.44. The second kappa shape index (κ2) is 11.5. The van der Waals surface area contributed by atoms with Gasteiger partial charge in [-0.15, -0.1) is 0 Å². The van der Waals surface area contributed by atoms with Crippen molar-refractivity contribution in [3.05, 3.63) is 188 Å². The summed E-state index contributed by atoms with van der Waals surface area (Å²) in [7, 11) is 0. The standard InChI is InChI=1S/C48H31NO/c1-3-13-32(14-4-1)34-25-28-47-44(29-34)45-31-43(40-20-10-12-22-42(40)48(45)50-47)33-23-26-37(27-24-33)49(36-16-5-2-6-17-36)46-30-35-15-7-8-18-38(35)39-19-9-11-21-41(39)46/h1-31H. The molecule has 0 fully saturated rings. The molecule has 0 aliphatic heterocycles. The number of benzene rings is 9. The van der Waals surface area contributed by atoms with E-state index in [2.05, 4.69) is 193 Å². The van der Waals surface area contributed by atoms with E-state index in [1.807, 2.05) is 0 Å². The maximum absolute atomic E-state index is 6.55. The molecule has 50 heavy (non-hydrogen) atoms. The summed E-state index contributed by atoms with van der Waals surface area (Å²) in [5.41, 5.74) is 9.94. The third-order valence-electron chi connectivity index (χ3n) is 10.0. The molecule has 0 amide bonds. The number of hydrogen-bond donors (Lipinski definition) is 0. The monoisotopic (exact) mass is 637 g/mol. The van der Waals surface area contributed by atoms with Crippen LogP contribution in [0.1, 0.15) is 0 Å². The van der Waals surface area contributed by atoms with Crippen molar-refractivity contribution in [2.24, 2.45) is 0 Å². The van der Waals surface area contributed by atoms with Gasteiger partial charge in [0.1, 0.15) is 11.2 Å². The maximum Gasteiger partial charge on any atom is 0.143 e. The molecule has 0 aliphatic rings. The van der Waals surface area contributed by atoms with E-state index < -0.39 is 0 Å². The van der Waals surface area contributed by atoms with Gasteiger partial charge in [0.2, 0.25) is 0 Å². The Kier molecular flexibility index (Phi) is 6.53. The van der Waals surface area contributed by atoms with Gasteiger partial charge in [-0.1, -0.05) is 140 Å². The van der Waals surface area contributed by atoms with Gasteiger partial charge < -0.3 is 9.32 Å². The van der Waals surface area contributed by atoms with Gasteiger partial charge in [-0.05, 0) is 92.3 Å². The average Bonchev–Trinajstić information content (AvgIpc) is 3.57. The highest BCUT2D eigenvalue weighted by Gasteiger charge is 2.19. The predicted octanol–water partition coefficient (Wildman–Crippen LogP) is 13.8. The summed E-state index contributed by atoms with van der Waals surface area (Å²) in [5, 5.41) is 9.51. The van der Waals surface area contributed by atoms with Crippen LogP contribution in [0.25, 0.3) is 76.5 Å². The molecule has 0 aliphatic carbocycles. The Balaban J connectivity index is 1.15. The van der Waals surface area contributed by atoms with E-state index in [1.54, 1.807) is 0 Å². The SMILES string of the molecule is c1ccc(-c2ccc3oc4c5ccccc5c(-c5ccc(N(c6ccccc6)c6cc7ccccc7c7ccccc67)cc5)cc4c3c2)cc1. The predicted molar refractivity (Wildman–Crippen MR) is 212 cm³/mol. The van der Waals surface area contributed by atoms with Gasteiger partial charge >= 0.3 is 0 Å². The van der Waals surface area contributed by atoms with Crippen LogP contribution in [0.4, 0.5) is 17.1 Å². The van der Waals surface area contributed by atoms with Crippen molar-refractivity contribution in [3.63, 3.8) is 0 Å². The van der Waals surface area contributed by atoms with Gasteiger partial charge in [0.05, 0.1) is 5.69 Å². The third-order valence-corrected chi connectivity index (χ3v) is 10.0. The number of hydrogen-bond acceptors (Lipinski definition) is 2. The van der Waals surface area contributed by atoms with Crippen molar-refractivity contribution in [1.29, 1.82) is 0 Å². The Morgan fingerprint density at radius 3 is 1.72 bits per heavy atom. The van der Waals surface area contributed by atoms with Crippen LogP contribution >= 0.6 is 0 Å². The summed E-state index contributed by atoms with van der Waals surface area (Å²) >= 11 is 0. The molecule has 0 radical (unpaired) electrons. The zero-order valence-electron chi connectivity index (χ0n) is 27.3. The number of anilines is 3. The van der Waals surface area contributed by atoms with Crippen LogP contribution < -0.4 is 4.90 Å². The minimum Gasteiger partial charge on any atom is -0.455 e. The number of rotatable bonds is 5. The van der Waals surface area contributed by atoms with E-state index >= 15 is 0 Å². The van der Waals surface area contributed by atoms with Crippen molar-refractivity contribution in [2.75, 3.05) is 4.90 Å². The smallest absolute Gasteiger partial charge is 0.143 e. The number of nitrogens with zero attached hydrogens (tertiary/aromatic N) is 1. The van der Waals surface area contributed by atoms with Crippen LogP contribution in [0, 0.1) is 0 Å². The van der Waals surface area contributed by atoms with E-state index in [-0.39, 0.29) is 0 Å². The Bertz CT molecular complexity index is 2850. The lowest BCUT2D eigenvalue weighted by Gasteiger charge is -2.27. The van der Waals surface area contributed by atoms with Crippen LogP contribution in [0.5, 0.6) is 0 Å². The first-order valence-electron chi connectivity index (χ1n) is 17.1. The summed E-state index contributed by atoms with van der Waals surface area (Å²) in [5.74, 6) is 0. The molecule has 0 saturated heterocycles. The second-order valence-electron chi connectivity index (χ2n) is 12.9. The Hall–Kier alpha value is -6.64. The van der Waals surface area contributed by atoms with Crippen molar-refractivity contribution in [2.45, 2.75) is 0 Å². The molecule has 10 rings (SSSR count). The van der Waals surface area contributed by atoms with Crippen LogP contribution in [-0.2, 0) is 0 Å². The van der Waals surface area contributed by atoms with Gasteiger partial charge in [-0.2, -0.15) is 0 Å². The summed E-state index contributed by atoms with van der Waals surface area (Å²) in [6.45, 7) is 0. The first-order valence-corrected chi connectivity index (χ1v) is 17.1. The van der Waals surface area contributed by atoms with Crippen LogP contribution in [0.3, 0.4) is 0 Å². The zero-order valence-corrected chi connectivity index (χ0v) is 27.3. The molecule has 0 atom stereocenters. The van der Waals surface area contributed by atoms with Crippen molar-refractivity contribution in [1.82, 2.24) is 0 Å². The van der Waals surface area contributed by atoms with E-state index in [4.69, 9.17) is 4.42 Å². The molecule has 2 nitrogen and oxygen atoms in total. The first kappa shape index (κ1) is 28.4. The van der Waals surface area contributed by atoms with E-state index in [0.717, 1.165) is 50.0 Å². The highest BCUT2D eigenvalue weighted by atomic mass is 16.3. The van der Waals surface area contributed by atoms with Crippen molar-refractivity contribution >= 4 is 71.3 Å². The average molecular weight is 638 g/mol. The Labute approximate surface area is 290 Å². The fourth-order valence-electron chi connectivity index (χ4n) is 7.66. The molecule has 1 aromatic heterocycles. The largest absolute Gasteiger partial charge is 0.455 e. The lowest BCUT2D eigenvalue weighted by molar-refractivity contribution is 0.673. The molecule has 0 unspecified atom stereocenters. The third kappa shape index (κ3) is 4.57. The fraction of sp³-hybridized carbons (Fsp3) is 0. The number of furan rings is 1. The number of fused-ring (bicyclic) bond motifs is 8. The molecule has 10 aromatic rings. The maximum atomic E-state index is 6.55. The van der Waals surface area contributed by atoms with E-state index in [1.165, 1.54) is 43.6 Å². The van der Waals surface area contributed by atoms with Crippen LogP contribution in [0.2, 0.25) is 0 Å². The van der Waals surface area contributed by atoms with E-state index in [0.29, 0.717) is 0 Å². The second-order valence-corrected chi connectivity index (χ2v) is 12.9. The zero-order chi connectivity index (χ0) is 33.0. The van der Waals surface area contributed by atoms with Crippen molar-refractivity contribution < 1.29 is 4.42 Å². The molecule has 1 heterocycles. The Morgan fingerprint density at radius 1 is 0.340 bits per heavy atom. The van der Waals surface area contributed by atoms with Gasteiger partial charge in [-0.3, -0.25) is 0 Å². The van der Waals surface area contributed by atoms with Gasteiger partial charge in [-0.25, -0.2) is 0 Å². The summed E-state index contributed by atoms with van der Waals surface area (Å²) < 4.78 is 6.55. The molecular weight excluding hydrogens is 607 g/mol. The topological polar surface area (TPSA) is 16.4 Å². The molecule has 0 spiro atoms. The normalized spacial score (nSPS) is 11.6. The summed E-state index contributed by atoms with van der Waals surface area (Å²) in [6.07, 6.45) is 0. The van der Waals surface area contributed by atoms with Gasteiger partial charge in [0.25, 0.3) is 0 Å². The summed E-state index contributed by atoms with van der Waals surface area (Å²) in [6, 6.07) is 67.4. The molecular formula is C48H31NO. The molecule has 0 bridgehead atoms. The van der Waals surface area contributed by atoms with Gasteiger partial charge in [0, 0.05) is 32.9 Å². The quantitative estimate of drug-likeness (QED) is 0.175.